The summed E-state index contributed by atoms with van der Waals surface area (Å²) in [5.74, 6) is 1.33. The van der Waals surface area contributed by atoms with Crippen LogP contribution in [-0.4, -0.2) is 38.2 Å². The zero-order valence-electron chi connectivity index (χ0n) is 14.3. The Labute approximate surface area is 161 Å². The lowest BCUT2D eigenvalue weighted by Crippen LogP contribution is -2.30. The minimum atomic E-state index is -2.72. The first-order chi connectivity index (χ1) is 11.7. The smallest absolute Gasteiger partial charge is 0.229 e. The highest BCUT2D eigenvalue weighted by atomic mass is 127. The minimum Gasteiger partial charge on any atom is -0.394 e. The monoisotopic (exact) mass is 475 g/mol. The molecule has 2 aromatic rings. The molecule has 0 radical (unpaired) electrons. The molecule has 136 valence electrons. The van der Waals surface area contributed by atoms with Gasteiger partial charge < -0.3 is 15.7 Å². The van der Waals surface area contributed by atoms with Crippen LogP contribution in [0, 0.1) is 14.3 Å². The van der Waals surface area contributed by atoms with Gasteiger partial charge in [0.05, 0.1) is 25.9 Å². The number of aromatic nitrogens is 2. The highest BCUT2D eigenvalue weighted by Gasteiger charge is 2.15. The molecule has 1 aromatic carbocycles. The maximum Gasteiger partial charge on any atom is 0.229 e. The van der Waals surface area contributed by atoms with Crippen LogP contribution in [0.25, 0.3) is 0 Å². The molecule has 0 bridgehead atoms. The predicted octanol–water partition coefficient (Wildman–Crippen LogP) is 3.29. The normalized spacial score (nSPS) is 14.8. The van der Waals surface area contributed by atoms with Gasteiger partial charge >= 0.3 is 0 Å². The number of hydrogen-bond acceptors (Lipinski definition) is 7. The minimum absolute atomic E-state index is 0.0192. The predicted molar refractivity (Wildman–Crippen MR) is 109 cm³/mol. The Bertz CT molecular complexity index is 825. The van der Waals surface area contributed by atoms with Crippen LogP contribution in [0.5, 0.6) is 0 Å². The van der Waals surface area contributed by atoms with Crippen molar-refractivity contribution in [1.29, 1.82) is 4.78 Å². The van der Waals surface area contributed by atoms with E-state index in [9.17, 15) is 9.32 Å². The van der Waals surface area contributed by atoms with Gasteiger partial charge in [-0.3, -0.25) is 0 Å². The Morgan fingerprint density at radius 1 is 1.32 bits per heavy atom. The number of aliphatic hydroxyl groups is 1. The second-order valence-corrected chi connectivity index (χ2v) is 9.38. The molecule has 0 fully saturated rings. The Kier molecular flexibility index (Phi) is 6.58. The van der Waals surface area contributed by atoms with Crippen LogP contribution in [-0.2, 0) is 9.73 Å². The van der Waals surface area contributed by atoms with E-state index in [0.29, 0.717) is 16.7 Å². The quantitative estimate of drug-likeness (QED) is 0.458. The van der Waals surface area contributed by atoms with Gasteiger partial charge in [0.2, 0.25) is 5.95 Å². The standard InChI is InChI=1S/C16H22IN5O2S/c1-10(2)14(9-23)21-15-13(17)8-19-16(22-15)20-11-4-6-12(7-5-11)25(3,18)24/h4-8,10,14,18,23H,9H2,1-3H3,(H2,19,20,21,22)/t14-,25?/m0/s1. The van der Waals surface area contributed by atoms with Crippen LogP contribution in [0.1, 0.15) is 13.8 Å². The SMILES string of the molecule is CC(C)[C@H](CO)Nc1nc(Nc2ccc(S(C)(=N)=O)cc2)ncc1I. The van der Waals surface area contributed by atoms with Gasteiger partial charge in [0.25, 0.3) is 0 Å². The third kappa shape index (κ3) is 5.51. The summed E-state index contributed by atoms with van der Waals surface area (Å²) in [6.45, 7) is 4.08. The van der Waals surface area contributed by atoms with Crippen LogP contribution in [0.2, 0.25) is 0 Å². The number of anilines is 3. The third-order valence-electron chi connectivity index (χ3n) is 3.63. The number of hydrogen-bond donors (Lipinski definition) is 4. The van der Waals surface area contributed by atoms with E-state index in [0.717, 1.165) is 9.26 Å². The molecule has 0 saturated heterocycles. The largest absolute Gasteiger partial charge is 0.394 e. The summed E-state index contributed by atoms with van der Waals surface area (Å²) in [7, 11) is -2.72. The summed E-state index contributed by atoms with van der Waals surface area (Å²) < 4.78 is 20.2. The van der Waals surface area contributed by atoms with E-state index < -0.39 is 9.73 Å². The van der Waals surface area contributed by atoms with E-state index >= 15 is 0 Å². The highest BCUT2D eigenvalue weighted by molar-refractivity contribution is 14.1. The second kappa shape index (κ2) is 8.28. The summed E-state index contributed by atoms with van der Waals surface area (Å²) in [6, 6.07) is 6.71. The molecule has 0 aliphatic rings. The molecule has 9 heteroatoms. The molecule has 0 spiro atoms. The van der Waals surface area contributed by atoms with E-state index in [1.165, 1.54) is 6.26 Å². The van der Waals surface area contributed by atoms with Crippen LogP contribution in [0.4, 0.5) is 17.5 Å². The number of halogens is 1. The molecule has 2 rings (SSSR count). The van der Waals surface area contributed by atoms with Gasteiger partial charge in [-0.25, -0.2) is 14.0 Å². The lowest BCUT2D eigenvalue weighted by molar-refractivity contribution is 0.249. The third-order valence-corrected chi connectivity index (χ3v) is 5.59. The molecule has 1 aromatic heterocycles. The molecule has 2 atom stereocenters. The summed E-state index contributed by atoms with van der Waals surface area (Å²) in [6.07, 6.45) is 3.09. The van der Waals surface area contributed by atoms with E-state index in [2.05, 4.69) is 43.2 Å². The van der Waals surface area contributed by atoms with Gasteiger partial charge in [-0.05, 0) is 52.8 Å². The first-order valence-electron chi connectivity index (χ1n) is 7.71. The Balaban J connectivity index is 2.19. The van der Waals surface area contributed by atoms with Gasteiger partial charge in [-0.15, -0.1) is 0 Å². The van der Waals surface area contributed by atoms with Crippen molar-refractivity contribution in [1.82, 2.24) is 9.97 Å². The average Bonchev–Trinajstić information content (AvgIpc) is 2.54. The highest BCUT2D eigenvalue weighted by Crippen LogP contribution is 2.22. The topological polar surface area (TPSA) is 111 Å². The fraction of sp³-hybridized carbons (Fsp3) is 0.375. The summed E-state index contributed by atoms with van der Waals surface area (Å²) >= 11 is 2.14. The van der Waals surface area contributed by atoms with Crippen molar-refractivity contribution in [3.8, 4) is 0 Å². The van der Waals surface area contributed by atoms with Crippen molar-refractivity contribution in [3.63, 3.8) is 0 Å². The lowest BCUT2D eigenvalue weighted by atomic mass is 10.1. The first-order valence-corrected chi connectivity index (χ1v) is 10.8. The van der Waals surface area contributed by atoms with Crippen LogP contribution < -0.4 is 10.6 Å². The maximum atomic E-state index is 11.7. The summed E-state index contributed by atoms with van der Waals surface area (Å²) in [4.78, 5) is 9.20. The first kappa shape index (κ1) is 19.9. The molecule has 1 unspecified atom stereocenters. The lowest BCUT2D eigenvalue weighted by Gasteiger charge is -2.21. The van der Waals surface area contributed by atoms with Crippen molar-refractivity contribution in [2.45, 2.75) is 24.8 Å². The Morgan fingerprint density at radius 3 is 2.48 bits per heavy atom. The van der Waals surface area contributed by atoms with E-state index in [4.69, 9.17) is 4.78 Å². The van der Waals surface area contributed by atoms with Crippen molar-refractivity contribution in [2.24, 2.45) is 5.92 Å². The summed E-state index contributed by atoms with van der Waals surface area (Å²) in [5, 5.41) is 15.8. The molecule has 0 aliphatic heterocycles. The van der Waals surface area contributed by atoms with Crippen molar-refractivity contribution < 1.29 is 9.32 Å². The van der Waals surface area contributed by atoms with Crippen molar-refractivity contribution in [2.75, 3.05) is 23.5 Å². The van der Waals surface area contributed by atoms with Crippen LogP contribution >= 0.6 is 22.6 Å². The fourth-order valence-electron chi connectivity index (χ4n) is 2.05. The zero-order valence-corrected chi connectivity index (χ0v) is 17.3. The zero-order chi connectivity index (χ0) is 18.6. The Hall–Kier alpha value is -1.46. The van der Waals surface area contributed by atoms with Gasteiger partial charge in [-0.2, -0.15) is 4.98 Å². The van der Waals surface area contributed by atoms with E-state index in [-0.39, 0.29) is 18.6 Å². The fourth-order valence-corrected chi connectivity index (χ4v) is 3.13. The number of nitrogens with one attached hydrogen (secondary N) is 3. The Morgan fingerprint density at radius 2 is 1.96 bits per heavy atom. The molecular formula is C16H22IN5O2S. The number of rotatable bonds is 7. The second-order valence-electron chi connectivity index (χ2n) is 6.06. The molecule has 1 heterocycles. The van der Waals surface area contributed by atoms with Gasteiger partial charge in [0.1, 0.15) is 5.82 Å². The molecule has 0 aliphatic carbocycles. The molecule has 25 heavy (non-hydrogen) atoms. The van der Waals surface area contributed by atoms with Gasteiger partial charge in [0, 0.05) is 23.0 Å². The van der Waals surface area contributed by atoms with Crippen molar-refractivity contribution >= 4 is 49.8 Å². The van der Waals surface area contributed by atoms with Gasteiger partial charge in [0.15, 0.2) is 0 Å². The van der Waals surface area contributed by atoms with Crippen LogP contribution in [0.15, 0.2) is 35.4 Å². The number of aliphatic hydroxyl groups excluding tert-OH is 1. The van der Waals surface area contributed by atoms with E-state index in [1.54, 1.807) is 30.5 Å². The van der Waals surface area contributed by atoms with E-state index in [1.807, 2.05) is 13.8 Å². The molecule has 0 saturated carbocycles. The average molecular weight is 475 g/mol. The molecule has 0 amide bonds. The molecule has 4 N–H and O–H groups in total. The molecule has 7 nitrogen and oxygen atoms in total. The molecular weight excluding hydrogens is 453 g/mol. The summed E-state index contributed by atoms with van der Waals surface area (Å²) in [5.41, 5.74) is 0.738. The number of benzene rings is 1. The van der Waals surface area contributed by atoms with Crippen LogP contribution in [0.3, 0.4) is 0 Å². The number of nitrogens with zero attached hydrogens (tertiary/aromatic N) is 2. The maximum absolute atomic E-state index is 11.7. The van der Waals surface area contributed by atoms with Gasteiger partial charge in [-0.1, -0.05) is 13.8 Å². The van der Waals surface area contributed by atoms with Crippen molar-refractivity contribution in [3.05, 3.63) is 34.0 Å².